The van der Waals surface area contributed by atoms with Crippen LogP contribution in [0.1, 0.15) is 25.8 Å². The Kier molecular flexibility index (Phi) is 6.78. The Balaban J connectivity index is 1.78. The van der Waals surface area contributed by atoms with Crippen LogP contribution in [0.3, 0.4) is 0 Å². The van der Waals surface area contributed by atoms with Gasteiger partial charge in [0.1, 0.15) is 0 Å². The average Bonchev–Trinajstić information content (AvgIpc) is 3.09. The van der Waals surface area contributed by atoms with Crippen LogP contribution >= 0.6 is 11.8 Å². The van der Waals surface area contributed by atoms with Crippen LogP contribution in [0.4, 0.5) is 0 Å². The molecule has 0 aromatic heterocycles. The van der Waals surface area contributed by atoms with E-state index in [0.29, 0.717) is 36.1 Å². The molecule has 1 amide bonds. The number of amidine groups is 1. The SMILES string of the molecule is COc1ccc(CCN2C(=NC(=O)CC(C)C)S[C@@H]3CS(=O)(=O)C[C@@H]32)cc1OC. The predicted molar refractivity (Wildman–Crippen MR) is 116 cm³/mol. The predicted octanol–water partition coefficient (Wildman–Crippen LogP) is 2.39. The molecule has 1 aromatic rings. The minimum absolute atomic E-state index is 0.0593. The molecular weight excluding hydrogens is 412 g/mol. The van der Waals surface area contributed by atoms with Gasteiger partial charge in [0.2, 0.25) is 5.91 Å². The molecule has 0 aliphatic carbocycles. The summed E-state index contributed by atoms with van der Waals surface area (Å²) in [6.07, 6.45) is 1.07. The summed E-state index contributed by atoms with van der Waals surface area (Å²) in [5.41, 5.74) is 1.05. The largest absolute Gasteiger partial charge is 0.493 e. The van der Waals surface area contributed by atoms with Crippen molar-refractivity contribution in [3.05, 3.63) is 23.8 Å². The number of fused-ring (bicyclic) bond motifs is 1. The zero-order valence-corrected chi connectivity index (χ0v) is 18.9. The van der Waals surface area contributed by atoms with Gasteiger partial charge in [-0.25, -0.2) is 8.42 Å². The third kappa shape index (κ3) is 5.25. The van der Waals surface area contributed by atoms with Gasteiger partial charge in [0.15, 0.2) is 26.5 Å². The number of ether oxygens (including phenoxy) is 2. The van der Waals surface area contributed by atoms with Crippen LogP contribution in [-0.2, 0) is 21.1 Å². The fourth-order valence-electron chi connectivity index (χ4n) is 3.68. The molecular formula is C20H28N2O5S2. The van der Waals surface area contributed by atoms with Gasteiger partial charge >= 0.3 is 0 Å². The molecule has 29 heavy (non-hydrogen) atoms. The molecule has 0 radical (unpaired) electrons. The van der Waals surface area contributed by atoms with E-state index in [0.717, 1.165) is 5.56 Å². The van der Waals surface area contributed by atoms with E-state index < -0.39 is 9.84 Å². The number of aliphatic imine (C=N–C) groups is 1. The zero-order valence-electron chi connectivity index (χ0n) is 17.3. The van der Waals surface area contributed by atoms with Gasteiger partial charge in [-0.15, -0.1) is 0 Å². The summed E-state index contributed by atoms with van der Waals surface area (Å²) < 4.78 is 34.9. The summed E-state index contributed by atoms with van der Waals surface area (Å²) >= 11 is 1.43. The van der Waals surface area contributed by atoms with Crippen LogP contribution in [0, 0.1) is 5.92 Å². The molecule has 0 unspecified atom stereocenters. The molecule has 3 rings (SSSR count). The number of sulfone groups is 1. The van der Waals surface area contributed by atoms with Crippen LogP contribution < -0.4 is 9.47 Å². The normalized spacial score (nSPS) is 24.2. The lowest BCUT2D eigenvalue weighted by Crippen LogP contribution is -2.39. The average molecular weight is 441 g/mol. The highest BCUT2D eigenvalue weighted by Gasteiger charge is 2.48. The molecule has 2 aliphatic rings. The van der Waals surface area contributed by atoms with Gasteiger partial charge in [0, 0.05) is 18.2 Å². The lowest BCUT2D eigenvalue weighted by molar-refractivity contribution is -0.118. The summed E-state index contributed by atoms with van der Waals surface area (Å²) in [6, 6.07) is 5.62. The second kappa shape index (κ2) is 8.95. The summed E-state index contributed by atoms with van der Waals surface area (Å²) in [4.78, 5) is 18.6. The Morgan fingerprint density at radius 3 is 2.62 bits per heavy atom. The summed E-state index contributed by atoms with van der Waals surface area (Å²) in [7, 11) is 0.138. The quantitative estimate of drug-likeness (QED) is 0.643. The Bertz CT molecular complexity index is 898. The van der Waals surface area contributed by atoms with Crippen molar-refractivity contribution in [2.45, 2.75) is 38.0 Å². The van der Waals surface area contributed by atoms with E-state index in [1.807, 2.05) is 36.9 Å². The molecule has 0 N–H and O–H groups in total. The van der Waals surface area contributed by atoms with Crippen LogP contribution in [0.5, 0.6) is 11.5 Å². The Morgan fingerprint density at radius 1 is 1.24 bits per heavy atom. The van der Waals surface area contributed by atoms with E-state index in [1.165, 1.54) is 11.8 Å². The third-order valence-electron chi connectivity index (χ3n) is 5.07. The fraction of sp³-hybridized carbons (Fsp3) is 0.600. The van der Waals surface area contributed by atoms with Gasteiger partial charge in [-0.3, -0.25) is 4.79 Å². The number of hydrogen-bond acceptors (Lipinski definition) is 6. The summed E-state index contributed by atoms with van der Waals surface area (Å²) in [5.74, 6) is 1.67. The Morgan fingerprint density at radius 2 is 1.97 bits per heavy atom. The highest BCUT2D eigenvalue weighted by atomic mass is 32.2. The molecule has 2 saturated heterocycles. The molecule has 0 spiro atoms. The van der Waals surface area contributed by atoms with Crippen molar-refractivity contribution >= 4 is 32.7 Å². The molecule has 2 heterocycles. The van der Waals surface area contributed by atoms with Crippen molar-refractivity contribution in [1.29, 1.82) is 0 Å². The topological polar surface area (TPSA) is 85.3 Å². The van der Waals surface area contributed by atoms with E-state index in [2.05, 4.69) is 4.99 Å². The Labute approximate surface area is 176 Å². The van der Waals surface area contributed by atoms with Crippen molar-refractivity contribution in [2.75, 3.05) is 32.3 Å². The number of benzene rings is 1. The van der Waals surface area contributed by atoms with Gasteiger partial charge in [-0.2, -0.15) is 4.99 Å². The monoisotopic (exact) mass is 440 g/mol. The van der Waals surface area contributed by atoms with Crippen molar-refractivity contribution in [3.8, 4) is 11.5 Å². The molecule has 1 aromatic carbocycles. The second-order valence-corrected chi connectivity index (χ2v) is 11.2. The molecule has 7 nitrogen and oxygen atoms in total. The van der Waals surface area contributed by atoms with Gasteiger partial charge in [0.25, 0.3) is 0 Å². The minimum Gasteiger partial charge on any atom is -0.493 e. The molecule has 2 fully saturated rings. The minimum atomic E-state index is -3.05. The van der Waals surface area contributed by atoms with Crippen molar-refractivity contribution in [3.63, 3.8) is 0 Å². The molecule has 0 bridgehead atoms. The van der Waals surface area contributed by atoms with Crippen LogP contribution in [0.25, 0.3) is 0 Å². The number of carbonyl (C=O) groups excluding carboxylic acids is 1. The first-order valence-electron chi connectivity index (χ1n) is 9.68. The first-order chi connectivity index (χ1) is 13.7. The smallest absolute Gasteiger partial charge is 0.248 e. The van der Waals surface area contributed by atoms with E-state index in [9.17, 15) is 13.2 Å². The highest BCUT2D eigenvalue weighted by molar-refractivity contribution is 8.15. The van der Waals surface area contributed by atoms with Crippen LogP contribution in [0.15, 0.2) is 23.2 Å². The maximum atomic E-state index is 12.3. The summed E-state index contributed by atoms with van der Waals surface area (Å²) in [5, 5.41) is 0.594. The maximum Gasteiger partial charge on any atom is 0.248 e. The number of carbonyl (C=O) groups is 1. The Hall–Kier alpha value is -1.74. The lowest BCUT2D eigenvalue weighted by Gasteiger charge is -2.24. The van der Waals surface area contributed by atoms with Gasteiger partial charge < -0.3 is 14.4 Å². The number of methoxy groups -OCH3 is 2. The van der Waals surface area contributed by atoms with Crippen molar-refractivity contribution < 1.29 is 22.7 Å². The number of hydrogen-bond donors (Lipinski definition) is 0. The number of nitrogens with zero attached hydrogens (tertiary/aromatic N) is 2. The standard InChI is InChI=1S/C20H28N2O5S2/c1-13(2)9-19(23)21-20-22(15-11-29(24,25)12-18(15)28-20)8-7-14-5-6-16(26-3)17(10-14)27-4/h5-6,10,13,15,18H,7-9,11-12H2,1-4H3/t15-,18+/m0/s1. The van der Waals surface area contributed by atoms with E-state index >= 15 is 0 Å². The number of amides is 1. The molecule has 0 saturated carbocycles. The molecule has 9 heteroatoms. The summed E-state index contributed by atoms with van der Waals surface area (Å²) in [6.45, 7) is 4.55. The number of rotatable bonds is 7. The first kappa shape index (κ1) is 22.0. The zero-order chi connectivity index (χ0) is 21.2. The third-order valence-corrected chi connectivity index (χ3v) is 8.31. The van der Waals surface area contributed by atoms with E-state index in [1.54, 1.807) is 14.2 Å². The van der Waals surface area contributed by atoms with Crippen LogP contribution in [0.2, 0.25) is 0 Å². The van der Waals surface area contributed by atoms with Crippen molar-refractivity contribution in [2.24, 2.45) is 10.9 Å². The second-order valence-electron chi connectivity index (χ2n) is 7.82. The van der Waals surface area contributed by atoms with Gasteiger partial charge in [-0.1, -0.05) is 31.7 Å². The first-order valence-corrected chi connectivity index (χ1v) is 12.4. The number of thioether (sulfide) groups is 1. The molecule has 2 aliphatic heterocycles. The highest BCUT2D eigenvalue weighted by Crippen LogP contribution is 2.38. The van der Waals surface area contributed by atoms with Crippen molar-refractivity contribution in [1.82, 2.24) is 4.90 Å². The fourth-order valence-corrected chi connectivity index (χ4v) is 7.68. The maximum absolute atomic E-state index is 12.3. The van der Waals surface area contributed by atoms with Crippen LogP contribution in [-0.4, -0.2) is 68.0 Å². The van der Waals surface area contributed by atoms with Gasteiger partial charge in [0.05, 0.1) is 31.8 Å². The molecule has 160 valence electrons. The van der Waals surface area contributed by atoms with Gasteiger partial charge in [-0.05, 0) is 30.0 Å². The molecule has 2 atom stereocenters. The lowest BCUT2D eigenvalue weighted by atomic mass is 10.1. The van der Waals surface area contributed by atoms with E-state index in [-0.39, 0.29) is 34.6 Å². The van der Waals surface area contributed by atoms with E-state index in [4.69, 9.17) is 9.47 Å².